The van der Waals surface area contributed by atoms with Crippen LogP contribution in [0.3, 0.4) is 0 Å². The van der Waals surface area contributed by atoms with Gasteiger partial charge in [0.2, 0.25) is 5.91 Å². The lowest BCUT2D eigenvalue weighted by Gasteiger charge is -2.34. The smallest absolute Gasteiger partial charge is 0.227 e. The van der Waals surface area contributed by atoms with E-state index in [1.54, 1.807) is 0 Å². The van der Waals surface area contributed by atoms with Crippen LogP contribution in [0.4, 0.5) is 22.9 Å². The maximum Gasteiger partial charge on any atom is 0.227 e. The highest BCUT2D eigenvalue weighted by molar-refractivity contribution is 5.97. The number of hydrogen-bond donors (Lipinski definition) is 1. The predicted molar refractivity (Wildman–Crippen MR) is 118 cm³/mol. The van der Waals surface area contributed by atoms with E-state index in [4.69, 9.17) is 0 Å². The summed E-state index contributed by atoms with van der Waals surface area (Å²) in [7, 11) is 0. The van der Waals surface area contributed by atoms with Crippen LogP contribution in [0.25, 0.3) is 0 Å². The van der Waals surface area contributed by atoms with Gasteiger partial charge in [0.1, 0.15) is 5.82 Å². The largest absolute Gasteiger partial charge is 0.372 e. The van der Waals surface area contributed by atoms with Crippen molar-refractivity contribution in [3.8, 4) is 0 Å². The molecule has 29 heavy (non-hydrogen) atoms. The first-order chi connectivity index (χ1) is 14.3. The Hall–Kier alpha value is -2.56. The lowest BCUT2D eigenvalue weighted by atomic mass is 10.0. The number of carbonyl (C=O) groups is 1. The second-order valence-electron chi connectivity index (χ2n) is 8.62. The lowest BCUT2D eigenvalue weighted by Crippen LogP contribution is -2.42. The zero-order chi connectivity index (χ0) is 19.6. The van der Waals surface area contributed by atoms with Gasteiger partial charge in [-0.25, -0.2) is 4.98 Å². The summed E-state index contributed by atoms with van der Waals surface area (Å²) in [6.07, 6.45) is 12.0. The molecule has 1 aromatic carbocycles. The number of aromatic nitrogens is 1. The van der Waals surface area contributed by atoms with Crippen molar-refractivity contribution in [3.05, 3.63) is 42.1 Å². The van der Waals surface area contributed by atoms with Crippen molar-refractivity contribution < 1.29 is 4.79 Å². The van der Waals surface area contributed by atoms with E-state index in [1.807, 2.05) is 6.20 Å². The SMILES string of the molecule is O=C1CCc2cnc(Nc3ccc(N4CCCCC4)cc3)cc2N1C1CCCC1. The van der Waals surface area contributed by atoms with Crippen molar-refractivity contribution in [2.75, 3.05) is 28.2 Å². The summed E-state index contributed by atoms with van der Waals surface area (Å²) in [6, 6.07) is 11.1. The van der Waals surface area contributed by atoms with Crippen LogP contribution in [0.15, 0.2) is 36.5 Å². The van der Waals surface area contributed by atoms with Crippen LogP contribution in [-0.4, -0.2) is 30.0 Å². The minimum atomic E-state index is 0.271. The van der Waals surface area contributed by atoms with Crippen molar-refractivity contribution in [3.63, 3.8) is 0 Å². The van der Waals surface area contributed by atoms with Gasteiger partial charge in [-0.2, -0.15) is 0 Å². The molecule has 0 unspecified atom stereocenters. The topological polar surface area (TPSA) is 48.5 Å². The highest BCUT2D eigenvalue weighted by Gasteiger charge is 2.32. The predicted octanol–water partition coefficient (Wildman–Crippen LogP) is 5.04. The van der Waals surface area contributed by atoms with E-state index in [9.17, 15) is 4.79 Å². The molecule has 1 N–H and O–H groups in total. The van der Waals surface area contributed by atoms with Crippen LogP contribution in [0, 0.1) is 0 Å². The summed E-state index contributed by atoms with van der Waals surface area (Å²) in [4.78, 5) is 21.8. The average Bonchev–Trinajstić information content (AvgIpc) is 3.29. The van der Waals surface area contributed by atoms with Gasteiger partial charge in [-0.15, -0.1) is 0 Å². The number of piperidine rings is 1. The van der Waals surface area contributed by atoms with Gasteiger partial charge in [0.05, 0.1) is 5.69 Å². The fourth-order valence-electron chi connectivity index (χ4n) is 5.07. The Labute approximate surface area is 173 Å². The number of benzene rings is 1. The van der Waals surface area contributed by atoms with Gasteiger partial charge in [0, 0.05) is 49.2 Å². The molecule has 0 radical (unpaired) electrons. The van der Waals surface area contributed by atoms with Crippen LogP contribution in [0.2, 0.25) is 0 Å². The third-order valence-corrected chi connectivity index (χ3v) is 6.65. The Morgan fingerprint density at radius 1 is 0.931 bits per heavy atom. The molecule has 2 aliphatic heterocycles. The molecule has 2 aromatic rings. The first-order valence-electron chi connectivity index (χ1n) is 11.2. The first-order valence-corrected chi connectivity index (χ1v) is 11.2. The van der Waals surface area contributed by atoms with Gasteiger partial charge in [0.15, 0.2) is 0 Å². The van der Waals surface area contributed by atoms with E-state index < -0.39 is 0 Å². The molecule has 0 spiro atoms. The number of rotatable bonds is 4. The second kappa shape index (κ2) is 8.05. The molecule has 1 saturated heterocycles. The first kappa shape index (κ1) is 18.5. The molecule has 2 fully saturated rings. The average molecular weight is 391 g/mol. The summed E-state index contributed by atoms with van der Waals surface area (Å²) in [6.45, 7) is 2.31. The Morgan fingerprint density at radius 3 is 2.45 bits per heavy atom. The van der Waals surface area contributed by atoms with Crippen molar-refractivity contribution in [1.29, 1.82) is 0 Å². The molecular formula is C24H30N4O. The third-order valence-electron chi connectivity index (χ3n) is 6.65. The molecular weight excluding hydrogens is 360 g/mol. The number of carbonyl (C=O) groups excluding carboxylic acids is 1. The van der Waals surface area contributed by atoms with E-state index in [1.165, 1.54) is 43.4 Å². The van der Waals surface area contributed by atoms with Crippen molar-refractivity contribution in [2.24, 2.45) is 0 Å². The standard InChI is InChI=1S/C24H30N4O/c29-24-13-8-18-17-25-23(16-22(18)28(24)21-6-2-3-7-21)26-19-9-11-20(12-10-19)27-14-4-1-5-15-27/h9-12,16-17,21H,1-8,13-15H2,(H,25,26). The molecule has 5 nitrogen and oxygen atoms in total. The highest BCUT2D eigenvalue weighted by Crippen LogP contribution is 2.36. The van der Waals surface area contributed by atoms with Gasteiger partial charge in [-0.1, -0.05) is 12.8 Å². The number of anilines is 4. The molecule has 0 bridgehead atoms. The van der Waals surface area contributed by atoms with Crippen LogP contribution >= 0.6 is 0 Å². The summed E-state index contributed by atoms with van der Waals surface area (Å²) >= 11 is 0. The van der Waals surface area contributed by atoms with Crippen molar-refractivity contribution in [2.45, 2.75) is 63.8 Å². The van der Waals surface area contributed by atoms with Crippen LogP contribution in [-0.2, 0) is 11.2 Å². The van der Waals surface area contributed by atoms with Gasteiger partial charge < -0.3 is 15.1 Å². The fraction of sp³-hybridized carbons (Fsp3) is 0.500. The molecule has 1 amide bonds. The molecule has 152 valence electrons. The second-order valence-corrected chi connectivity index (χ2v) is 8.62. The Morgan fingerprint density at radius 2 is 1.69 bits per heavy atom. The number of amides is 1. The third kappa shape index (κ3) is 3.83. The van der Waals surface area contributed by atoms with Crippen LogP contribution < -0.4 is 15.1 Å². The summed E-state index contributed by atoms with van der Waals surface area (Å²) in [5.41, 5.74) is 4.59. The maximum absolute atomic E-state index is 12.7. The zero-order valence-corrected chi connectivity index (χ0v) is 17.1. The maximum atomic E-state index is 12.7. The van der Waals surface area contributed by atoms with E-state index in [0.717, 1.165) is 49.5 Å². The van der Waals surface area contributed by atoms with Gasteiger partial charge in [0.25, 0.3) is 0 Å². The monoisotopic (exact) mass is 390 g/mol. The minimum absolute atomic E-state index is 0.271. The van der Waals surface area contributed by atoms with E-state index in [-0.39, 0.29) is 5.91 Å². The summed E-state index contributed by atoms with van der Waals surface area (Å²) in [5, 5.41) is 3.44. The molecule has 5 rings (SSSR count). The van der Waals surface area contributed by atoms with Crippen LogP contribution in [0.1, 0.15) is 56.9 Å². The van der Waals surface area contributed by atoms with E-state index >= 15 is 0 Å². The number of fused-ring (bicyclic) bond motifs is 1. The number of hydrogen-bond acceptors (Lipinski definition) is 4. The fourth-order valence-corrected chi connectivity index (χ4v) is 5.07. The summed E-state index contributed by atoms with van der Waals surface area (Å²) in [5.74, 6) is 1.08. The molecule has 0 atom stereocenters. The van der Waals surface area contributed by atoms with Gasteiger partial charge in [-0.05, 0) is 68.4 Å². The summed E-state index contributed by atoms with van der Waals surface area (Å²) < 4.78 is 0. The Balaban J connectivity index is 1.35. The lowest BCUT2D eigenvalue weighted by molar-refractivity contribution is -0.119. The normalized spacial score (nSPS) is 20.1. The molecule has 3 aliphatic rings. The molecule has 3 heterocycles. The molecule has 1 aliphatic carbocycles. The highest BCUT2D eigenvalue weighted by atomic mass is 16.2. The van der Waals surface area contributed by atoms with E-state index in [2.05, 4.69) is 50.4 Å². The van der Waals surface area contributed by atoms with Crippen LogP contribution in [0.5, 0.6) is 0 Å². The molecule has 1 aromatic heterocycles. The number of aryl methyl sites for hydroxylation is 1. The zero-order valence-electron chi connectivity index (χ0n) is 17.1. The molecule has 1 saturated carbocycles. The van der Waals surface area contributed by atoms with Crippen molar-refractivity contribution in [1.82, 2.24) is 4.98 Å². The van der Waals surface area contributed by atoms with E-state index in [0.29, 0.717) is 12.5 Å². The van der Waals surface area contributed by atoms with Gasteiger partial charge in [-0.3, -0.25) is 4.79 Å². The molecule has 5 heteroatoms. The minimum Gasteiger partial charge on any atom is -0.372 e. The Kier molecular flexibility index (Phi) is 5.13. The number of nitrogens with zero attached hydrogens (tertiary/aromatic N) is 3. The number of nitrogens with one attached hydrogen (secondary N) is 1. The van der Waals surface area contributed by atoms with Crippen molar-refractivity contribution >= 4 is 28.8 Å². The number of pyridine rings is 1. The Bertz CT molecular complexity index is 867. The van der Waals surface area contributed by atoms with Gasteiger partial charge >= 0.3 is 0 Å². The quantitative estimate of drug-likeness (QED) is 0.795.